The Bertz CT molecular complexity index is 851. The lowest BCUT2D eigenvalue weighted by molar-refractivity contribution is -0.134. The van der Waals surface area contributed by atoms with Gasteiger partial charge >= 0.3 is 0 Å². The average Bonchev–Trinajstić information content (AvgIpc) is 2.59. The summed E-state index contributed by atoms with van der Waals surface area (Å²) in [6, 6.07) is 7.18. The fourth-order valence-electron chi connectivity index (χ4n) is 3.17. The average molecular weight is 328 g/mol. The zero-order valence-corrected chi connectivity index (χ0v) is 13.6. The number of fused-ring (bicyclic) bond motifs is 1. The van der Waals surface area contributed by atoms with Gasteiger partial charge in [-0.2, -0.15) is 5.10 Å². The highest BCUT2D eigenvalue weighted by Crippen LogP contribution is 2.19. The van der Waals surface area contributed by atoms with Crippen LogP contribution < -0.4 is 11.3 Å². The van der Waals surface area contributed by atoms with Crippen LogP contribution in [0.25, 0.3) is 10.8 Å². The standard InChI is InChI=1S/C17H20N4O3/c1-20-17(24)13-5-3-2-4-12(13)14(19-20)10-15(22)21-8-6-11(7-9-21)16(18)23/h2-5,11H,6-10H2,1H3,(H2,18,23). The minimum absolute atomic E-state index is 0.0470. The minimum Gasteiger partial charge on any atom is -0.369 e. The number of primary amides is 1. The molecular formula is C17H20N4O3. The summed E-state index contributed by atoms with van der Waals surface area (Å²) in [5.74, 6) is -0.493. The number of aromatic nitrogens is 2. The Balaban J connectivity index is 1.81. The van der Waals surface area contributed by atoms with Gasteiger partial charge in [0, 0.05) is 31.4 Å². The van der Waals surface area contributed by atoms with E-state index < -0.39 is 0 Å². The Kier molecular flexibility index (Phi) is 4.33. The molecule has 0 unspecified atom stereocenters. The number of carbonyl (C=O) groups is 2. The number of amides is 2. The summed E-state index contributed by atoms with van der Waals surface area (Å²) in [5, 5.41) is 5.53. The third-order valence-electron chi connectivity index (χ3n) is 4.60. The third kappa shape index (κ3) is 3.02. The molecule has 7 heteroatoms. The molecule has 2 heterocycles. The van der Waals surface area contributed by atoms with Crippen molar-refractivity contribution in [1.29, 1.82) is 0 Å². The van der Waals surface area contributed by atoms with E-state index in [1.807, 2.05) is 12.1 Å². The van der Waals surface area contributed by atoms with E-state index in [0.717, 1.165) is 0 Å². The van der Waals surface area contributed by atoms with Crippen LogP contribution in [0.5, 0.6) is 0 Å². The maximum atomic E-state index is 12.6. The molecule has 1 aromatic carbocycles. The number of rotatable bonds is 3. The predicted molar refractivity (Wildman–Crippen MR) is 89.2 cm³/mol. The van der Waals surface area contributed by atoms with E-state index in [-0.39, 0.29) is 29.7 Å². The van der Waals surface area contributed by atoms with Gasteiger partial charge in [-0.15, -0.1) is 0 Å². The molecule has 0 atom stereocenters. The summed E-state index contributed by atoms with van der Waals surface area (Å²) >= 11 is 0. The van der Waals surface area contributed by atoms with Crippen LogP contribution in [0.1, 0.15) is 18.5 Å². The molecule has 7 nitrogen and oxygen atoms in total. The number of carbonyl (C=O) groups excluding carboxylic acids is 2. The summed E-state index contributed by atoms with van der Waals surface area (Å²) in [6.45, 7) is 1.05. The number of hydrogen-bond acceptors (Lipinski definition) is 4. The molecule has 1 saturated heterocycles. The number of piperidine rings is 1. The maximum Gasteiger partial charge on any atom is 0.274 e. The number of likely N-dealkylation sites (tertiary alicyclic amines) is 1. The van der Waals surface area contributed by atoms with Gasteiger partial charge in [0.2, 0.25) is 11.8 Å². The van der Waals surface area contributed by atoms with Gasteiger partial charge in [-0.05, 0) is 18.9 Å². The fraction of sp³-hybridized carbons (Fsp3) is 0.412. The second kappa shape index (κ2) is 6.43. The van der Waals surface area contributed by atoms with Crippen LogP contribution in [0.4, 0.5) is 0 Å². The second-order valence-corrected chi connectivity index (χ2v) is 6.16. The molecule has 1 fully saturated rings. The fourth-order valence-corrected chi connectivity index (χ4v) is 3.17. The van der Waals surface area contributed by atoms with Crippen molar-refractivity contribution < 1.29 is 9.59 Å². The Labute approximate surface area is 139 Å². The van der Waals surface area contributed by atoms with Crippen LogP contribution in [0.15, 0.2) is 29.1 Å². The van der Waals surface area contributed by atoms with Crippen molar-refractivity contribution in [3.8, 4) is 0 Å². The monoisotopic (exact) mass is 328 g/mol. The topological polar surface area (TPSA) is 98.3 Å². The maximum absolute atomic E-state index is 12.6. The molecule has 1 aliphatic rings. The molecule has 2 aromatic rings. The molecule has 0 radical (unpaired) electrons. The van der Waals surface area contributed by atoms with Crippen molar-refractivity contribution in [2.45, 2.75) is 19.3 Å². The number of hydrogen-bond donors (Lipinski definition) is 1. The van der Waals surface area contributed by atoms with Crippen LogP contribution in [-0.2, 0) is 23.1 Å². The first-order valence-electron chi connectivity index (χ1n) is 7.99. The molecule has 0 aliphatic carbocycles. The first kappa shape index (κ1) is 16.2. The lowest BCUT2D eigenvalue weighted by Gasteiger charge is -2.30. The van der Waals surface area contributed by atoms with E-state index in [9.17, 15) is 14.4 Å². The Morgan fingerprint density at radius 1 is 1.21 bits per heavy atom. The van der Waals surface area contributed by atoms with Crippen LogP contribution in [0, 0.1) is 5.92 Å². The molecular weight excluding hydrogens is 308 g/mol. The largest absolute Gasteiger partial charge is 0.369 e. The normalized spacial score (nSPS) is 15.6. The van der Waals surface area contributed by atoms with Crippen molar-refractivity contribution >= 4 is 22.6 Å². The third-order valence-corrected chi connectivity index (χ3v) is 4.60. The van der Waals surface area contributed by atoms with E-state index in [0.29, 0.717) is 42.4 Å². The molecule has 2 amide bonds. The zero-order valence-electron chi connectivity index (χ0n) is 13.6. The van der Waals surface area contributed by atoms with Gasteiger partial charge in [0.15, 0.2) is 0 Å². The molecule has 0 spiro atoms. The Hall–Kier alpha value is -2.70. The molecule has 126 valence electrons. The smallest absolute Gasteiger partial charge is 0.274 e. The van der Waals surface area contributed by atoms with Gasteiger partial charge in [0.05, 0.1) is 17.5 Å². The first-order chi connectivity index (χ1) is 11.5. The molecule has 0 saturated carbocycles. The second-order valence-electron chi connectivity index (χ2n) is 6.16. The highest BCUT2D eigenvalue weighted by Gasteiger charge is 2.26. The summed E-state index contributed by atoms with van der Waals surface area (Å²) in [4.78, 5) is 37.6. The van der Waals surface area contributed by atoms with Gasteiger partial charge in [-0.3, -0.25) is 14.4 Å². The molecule has 24 heavy (non-hydrogen) atoms. The van der Waals surface area contributed by atoms with Gasteiger partial charge in [0.1, 0.15) is 0 Å². The summed E-state index contributed by atoms with van der Waals surface area (Å²) in [5.41, 5.74) is 5.74. The van der Waals surface area contributed by atoms with Crippen molar-refractivity contribution in [3.63, 3.8) is 0 Å². The van der Waals surface area contributed by atoms with Crippen LogP contribution in [0.2, 0.25) is 0 Å². The first-order valence-corrected chi connectivity index (χ1v) is 7.99. The summed E-state index contributed by atoms with van der Waals surface area (Å²) in [6.07, 6.45) is 1.33. The van der Waals surface area contributed by atoms with E-state index in [2.05, 4.69) is 5.10 Å². The number of nitrogens with two attached hydrogens (primary N) is 1. The molecule has 3 rings (SSSR count). The lowest BCUT2D eigenvalue weighted by Crippen LogP contribution is -2.42. The van der Waals surface area contributed by atoms with Crippen molar-refractivity contribution in [1.82, 2.24) is 14.7 Å². The molecule has 1 aliphatic heterocycles. The van der Waals surface area contributed by atoms with Crippen LogP contribution >= 0.6 is 0 Å². The van der Waals surface area contributed by atoms with Gasteiger partial charge in [0.25, 0.3) is 5.56 Å². The van der Waals surface area contributed by atoms with Gasteiger partial charge in [-0.1, -0.05) is 18.2 Å². The highest BCUT2D eigenvalue weighted by molar-refractivity contribution is 5.88. The minimum atomic E-state index is -0.298. The number of benzene rings is 1. The Morgan fingerprint density at radius 2 is 1.83 bits per heavy atom. The highest BCUT2D eigenvalue weighted by atomic mass is 16.2. The Morgan fingerprint density at radius 3 is 2.46 bits per heavy atom. The number of nitrogens with zero attached hydrogens (tertiary/aromatic N) is 3. The SMILES string of the molecule is Cn1nc(CC(=O)N2CCC(C(N)=O)CC2)c2ccccc2c1=O. The molecule has 2 N–H and O–H groups in total. The van der Waals surface area contributed by atoms with Crippen molar-refractivity contribution in [3.05, 3.63) is 40.3 Å². The van der Waals surface area contributed by atoms with Crippen molar-refractivity contribution in [2.24, 2.45) is 18.7 Å². The van der Waals surface area contributed by atoms with E-state index in [4.69, 9.17) is 5.73 Å². The van der Waals surface area contributed by atoms with Gasteiger partial charge < -0.3 is 10.6 Å². The van der Waals surface area contributed by atoms with Gasteiger partial charge in [-0.25, -0.2) is 4.68 Å². The van der Waals surface area contributed by atoms with Crippen LogP contribution in [0.3, 0.4) is 0 Å². The summed E-state index contributed by atoms with van der Waals surface area (Å²) in [7, 11) is 1.58. The zero-order chi connectivity index (χ0) is 17.3. The predicted octanol–water partition coefficient (Wildman–Crippen LogP) is 0.200. The van der Waals surface area contributed by atoms with E-state index in [1.54, 1.807) is 24.1 Å². The summed E-state index contributed by atoms with van der Waals surface area (Å²) < 4.78 is 1.27. The number of aryl methyl sites for hydroxylation is 1. The van der Waals surface area contributed by atoms with Crippen molar-refractivity contribution in [2.75, 3.05) is 13.1 Å². The quantitative estimate of drug-likeness (QED) is 0.870. The molecule has 1 aromatic heterocycles. The van der Waals surface area contributed by atoms with E-state index >= 15 is 0 Å². The molecule has 0 bridgehead atoms. The lowest BCUT2D eigenvalue weighted by atomic mass is 9.96. The van der Waals surface area contributed by atoms with E-state index in [1.165, 1.54) is 4.68 Å². The van der Waals surface area contributed by atoms with Crippen LogP contribution in [-0.4, -0.2) is 39.6 Å².